The van der Waals surface area contributed by atoms with Crippen LogP contribution in [0.4, 0.5) is 5.69 Å². The highest BCUT2D eigenvalue weighted by atomic mass is 32.2. The summed E-state index contributed by atoms with van der Waals surface area (Å²) in [6.45, 7) is -0.166. The summed E-state index contributed by atoms with van der Waals surface area (Å²) in [5, 5.41) is 11.0. The number of hydrogen-bond donors (Lipinski definition) is 5. The van der Waals surface area contributed by atoms with E-state index < -0.39 is 27.9 Å². The first-order valence-corrected chi connectivity index (χ1v) is 10.3. The summed E-state index contributed by atoms with van der Waals surface area (Å²) in [5.74, 6) is 4.55. The first-order chi connectivity index (χ1) is 13.7. The molecule has 10 heteroatoms. The zero-order valence-corrected chi connectivity index (χ0v) is 16.3. The molecule has 0 unspecified atom stereocenters. The van der Waals surface area contributed by atoms with Crippen molar-refractivity contribution in [1.29, 1.82) is 0 Å². The molecule has 0 spiro atoms. The second-order valence-electron chi connectivity index (χ2n) is 6.02. The summed E-state index contributed by atoms with van der Waals surface area (Å²) < 4.78 is 24.8. The van der Waals surface area contributed by atoms with Crippen LogP contribution in [0.3, 0.4) is 0 Å². The van der Waals surface area contributed by atoms with Gasteiger partial charge in [-0.25, -0.2) is 13.9 Å². The molecule has 0 saturated heterocycles. The van der Waals surface area contributed by atoms with Gasteiger partial charge in [-0.1, -0.05) is 19.3 Å². The summed E-state index contributed by atoms with van der Waals surface area (Å²) in [4.78, 5) is 23.5. The lowest BCUT2D eigenvalue weighted by atomic mass is 10.1. The van der Waals surface area contributed by atoms with Crippen LogP contribution < -0.4 is 21.3 Å². The van der Waals surface area contributed by atoms with Crippen LogP contribution in [-0.4, -0.2) is 44.3 Å². The maximum atomic E-state index is 12.1. The van der Waals surface area contributed by atoms with Gasteiger partial charge >= 0.3 is 0 Å². The summed E-state index contributed by atoms with van der Waals surface area (Å²) in [5.41, 5.74) is 8.93. The average molecular weight is 433 g/mol. The van der Waals surface area contributed by atoms with Gasteiger partial charge in [0.15, 0.2) is 0 Å². The van der Waals surface area contributed by atoms with Crippen molar-refractivity contribution in [3.8, 4) is 11.8 Å². The van der Waals surface area contributed by atoms with E-state index in [1.165, 1.54) is 5.48 Å². The molecule has 6 N–H and O–H groups in total. The summed E-state index contributed by atoms with van der Waals surface area (Å²) in [7, 11) is -3.33. The highest BCUT2D eigenvalue weighted by Crippen LogP contribution is 2.10. The zero-order chi connectivity index (χ0) is 21.4. The number of hydroxylamine groups is 1. The van der Waals surface area contributed by atoms with Gasteiger partial charge in [0, 0.05) is 28.9 Å². The molecule has 2 amide bonds. The van der Waals surface area contributed by atoms with E-state index >= 15 is 0 Å². The normalized spacial score (nSPS) is 11.2. The van der Waals surface area contributed by atoms with Gasteiger partial charge in [-0.15, -0.1) is 0 Å². The summed E-state index contributed by atoms with van der Waals surface area (Å²) >= 11 is 0. The molecule has 30 heavy (non-hydrogen) atoms. The van der Waals surface area contributed by atoms with E-state index in [1.807, 2.05) is 0 Å². The molecule has 0 fully saturated rings. The number of rotatable bonds is 6. The molecule has 1 atom stereocenters. The van der Waals surface area contributed by atoms with Crippen molar-refractivity contribution in [2.75, 3.05) is 17.5 Å². The quantitative estimate of drug-likeness (QED) is 0.257. The smallest absolute Gasteiger partial charge is 0.267 e. The fourth-order valence-corrected chi connectivity index (χ4v) is 2.80. The molecule has 0 bridgehead atoms. The molecule has 0 aliphatic heterocycles. The molecule has 2 aromatic carbocycles. The molecule has 0 aliphatic rings. The first-order valence-electron chi connectivity index (χ1n) is 8.36. The number of nitrogens with two attached hydrogens (primary N) is 1. The molecular weight excluding hydrogens is 408 g/mol. The second kappa shape index (κ2) is 11.0. The van der Waals surface area contributed by atoms with Crippen molar-refractivity contribution in [2.45, 2.75) is 13.5 Å². The number of carbonyl (C=O) groups excluding carboxylic acids is 2. The molecule has 0 aromatic heterocycles. The Labute approximate surface area is 175 Å². The van der Waals surface area contributed by atoms with Crippen LogP contribution in [0.25, 0.3) is 0 Å². The third kappa shape index (κ3) is 7.56. The van der Waals surface area contributed by atoms with Crippen molar-refractivity contribution in [1.82, 2.24) is 10.8 Å². The van der Waals surface area contributed by atoms with Crippen LogP contribution in [0.1, 0.15) is 28.9 Å². The second-order valence-corrected chi connectivity index (χ2v) is 7.77. The number of sulfonamides is 1. The number of nitrogens with one attached hydrogen (secondary N) is 3. The SMILES string of the molecule is C.CS(=O)(=O)Nc1ccc(C#Cc2ccc(C(=O)N[C@@H](CN)C(=O)NO)cc2)cc1. The standard InChI is InChI=1S/C19H20N4O5S.CH4/c1-29(27,28)23-16-10-6-14(7-11-16)3-2-13-4-8-15(9-5-13)18(24)21-17(12-20)19(25)22-26;/h4-11,17,23,26H,12,20H2,1H3,(H,21,24)(H,22,25);1H4/t17-;/m0./s1. The highest BCUT2D eigenvalue weighted by Gasteiger charge is 2.19. The van der Waals surface area contributed by atoms with Gasteiger partial charge in [-0.3, -0.25) is 19.5 Å². The fraction of sp³-hybridized carbons (Fsp3) is 0.200. The summed E-state index contributed by atoms with van der Waals surface area (Å²) in [6.07, 6.45) is 1.07. The van der Waals surface area contributed by atoms with E-state index in [-0.39, 0.29) is 14.0 Å². The number of hydrogen-bond acceptors (Lipinski definition) is 6. The van der Waals surface area contributed by atoms with E-state index in [0.29, 0.717) is 22.4 Å². The van der Waals surface area contributed by atoms with Crippen molar-refractivity contribution in [3.63, 3.8) is 0 Å². The van der Waals surface area contributed by atoms with E-state index in [0.717, 1.165) is 6.26 Å². The Morgan fingerprint density at radius 2 is 1.53 bits per heavy atom. The third-order valence-electron chi connectivity index (χ3n) is 3.65. The van der Waals surface area contributed by atoms with E-state index in [9.17, 15) is 18.0 Å². The monoisotopic (exact) mass is 432 g/mol. The third-order valence-corrected chi connectivity index (χ3v) is 4.26. The Morgan fingerprint density at radius 3 is 1.97 bits per heavy atom. The minimum Gasteiger partial charge on any atom is -0.339 e. The molecule has 9 nitrogen and oxygen atoms in total. The van der Waals surface area contributed by atoms with Gasteiger partial charge in [0.2, 0.25) is 10.0 Å². The van der Waals surface area contributed by atoms with E-state index in [4.69, 9.17) is 10.9 Å². The molecule has 2 rings (SSSR count). The number of carbonyl (C=O) groups is 2. The first kappa shape index (κ1) is 24.6. The van der Waals surface area contributed by atoms with Crippen LogP contribution in [0, 0.1) is 11.8 Å². The highest BCUT2D eigenvalue weighted by molar-refractivity contribution is 7.92. The topological polar surface area (TPSA) is 151 Å². The molecule has 160 valence electrons. The number of benzene rings is 2. The van der Waals surface area contributed by atoms with Crippen LogP contribution in [0.5, 0.6) is 0 Å². The van der Waals surface area contributed by atoms with Gasteiger partial charge in [0.25, 0.3) is 11.8 Å². The molecule has 0 aliphatic carbocycles. The van der Waals surface area contributed by atoms with Crippen molar-refractivity contribution < 1.29 is 23.2 Å². The van der Waals surface area contributed by atoms with Crippen LogP contribution in [-0.2, 0) is 14.8 Å². The van der Waals surface area contributed by atoms with Crippen LogP contribution >= 0.6 is 0 Å². The molecule has 2 aromatic rings. The Kier molecular flexibility index (Phi) is 9.01. The lowest BCUT2D eigenvalue weighted by Gasteiger charge is -2.14. The Hall–Kier alpha value is -3.39. The molecule has 0 heterocycles. The Balaban J connectivity index is 0.00000450. The van der Waals surface area contributed by atoms with E-state index in [1.54, 1.807) is 48.5 Å². The van der Waals surface area contributed by atoms with Crippen molar-refractivity contribution in [3.05, 3.63) is 65.2 Å². The van der Waals surface area contributed by atoms with Crippen molar-refractivity contribution >= 4 is 27.5 Å². The largest absolute Gasteiger partial charge is 0.339 e. The Bertz CT molecular complexity index is 1040. The Morgan fingerprint density at radius 1 is 1.03 bits per heavy atom. The minimum atomic E-state index is -3.33. The van der Waals surface area contributed by atoms with Crippen molar-refractivity contribution in [2.24, 2.45) is 5.73 Å². The number of amides is 2. The lowest BCUT2D eigenvalue weighted by molar-refractivity contribution is -0.130. The van der Waals surface area contributed by atoms with Gasteiger partial charge in [-0.2, -0.15) is 0 Å². The zero-order valence-electron chi connectivity index (χ0n) is 15.5. The van der Waals surface area contributed by atoms with Gasteiger partial charge < -0.3 is 11.1 Å². The predicted octanol–water partition coefficient (Wildman–Crippen LogP) is 0.657. The summed E-state index contributed by atoms with van der Waals surface area (Å²) in [6, 6.07) is 11.9. The van der Waals surface area contributed by atoms with Gasteiger partial charge in [0.1, 0.15) is 6.04 Å². The molecular formula is C20H24N4O5S. The van der Waals surface area contributed by atoms with Crippen LogP contribution in [0.2, 0.25) is 0 Å². The minimum absolute atomic E-state index is 0. The van der Waals surface area contributed by atoms with Gasteiger partial charge in [0.05, 0.1) is 6.26 Å². The fourth-order valence-electron chi connectivity index (χ4n) is 2.24. The maximum absolute atomic E-state index is 12.1. The average Bonchev–Trinajstić information content (AvgIpc) is 2.70. The maximum Gasteiger partial charge on any atom is 0.267 e. The molecule has 0 saturated carbocycles. The predicted molar refractivity (Wildman–Crippen MR) is 114 cm³/mol. The van der Waals surface area contributed by atoms with Gasteiger partial charge in [-0.05, 0) is 48.5 Å². The van der Waals surface area contributed by atoms with E-state index in [2.05, 4.69) is 21.9 Å². The lowest BCUT2D eigenvalue weighted by Crippen LogP contribution is -2.50. The number of anilines is 1. The molecule has 0 radical (unpaired) electrons. The van der Waals surface area contributed by atoms with Crippen LogP contribution in [0.15, 0.2) is 48.5 Å².